The summed E-state index contributed by atoms with van der Waals surface area (Å²) < 4.78 is 5.15. The number of nitrogens with zero attached hydrogens (tertiary/aromatic N) is 1. The standard InChI is InChI=1S/C13H19NO3/c1-13(2,3)17-12(15)14(4)16-10-11-8-6-5-7-9-11/h5-9H,10H2,1-4H3. The Hall–Kier alpha value is -1.55. The first-order valence-electron chi connectivity index (χ1n) is 5.52. The van der Waals surface area contributed by atoms with Crippen LogP contribution in [0.2, 0.25) is 0 Å². The van der Waals surface area contributed by atoms with Crippen LogP contribution in [0.4, 0.5) is 4.79 Å². The van der Waals surface area contributed by atoms with Gasteiger partial charge < -0.3 is 4.74 Å². The van der Waals surface area contributed by atoms with E-state index in [9.17, 15) is 4.79 Å². The normalized spacial score (nSPS) is 11.1. The van der Waals surface area contributed by atoms with Crippen LogP contribution < -0.4 is 0 Å². The van der Waals surface area contributed by atoms with Crippen LogP contribution in [-0.2, 0) is 16.2 Å². The molecule has 1 aromatic rings. The van der Waals surface area contributed by atoms with Gasteiger partial charge in [-0.25, -0.2) is 4.79 Å². The van der Waals surface area contributed by atoms with Crippen molar-refractivity contribution in [1.82, 2.24) is 5.06 Å². The lowest BCUT2D eigenvalue weighted by Gasteiger charge is -2.24. The first kappa shape index (κ1) is 13.5. The Morgan fingerprint density at radius 1 is 1.24 bits per heavy atom. The Kier molecular flexibility index (Phi) is 4.52. The number of ether oxygens (including phenoxy) is 1. The van der Waals surface area contributed by atoms with E-state index in [0.29, 0.717) is 6.61 Å². The van der Waals surface area contributed by atoms with Crippen molar-refractivity contribution in [2.24, 2.45) is 0 Å². The molecule has 0 heterocycles. The van der Waals surface area contributed by atoms with Crippen molar-refractivity contribution in [3.05, 3.63) is 35.9 Å². The molecule has 1 amide bonds. The number of carbonyl (C=O) groups excluding carboxylic acids is 1. The van der Waals surface area contributed by atoms with E-state index in [4.69, 9.17) is 9.57 Å². The number of rotatable bonds is 3. The van der Waals surface area contributed by atoms with Gasteiger partial charge in [0.25, 0.3) is 0 Å². The smallest absolute Gasteiger partial charge is 0.434 e. The minimum absolute atomic E-state index is 0.344. The minimum Gasteiger partial charge on any atom is -0.442 e. The zero-order chi connectivity index (χ0) is 12.9. The third kappa shape index (κ3) is 5.36. The summed E-state index contributed by atoms with van der Waals surface area (Å²) in [6.07, 6.45) is -0.492. The SMILES string of the molecule is CN(OCc1ccccc1)C(=O)OC(C)(C)C. The summed E-state index contributed by atoms with van der Waals surface area (Å²) in [6.45, 7) is 5.79. The molecule has 0 unspecified atom stereocenters. The van der Waals surface area contributed by atoms with Crippen molar-refractivity contribution in [1.29, 1.82) is 0 Å². The van der Waals surface area contributed by atoms with Gasteiger partial charge in [-0.05, 0) is 26.3 Å². The van der Waals surface area contributed by atoms with Crippen LogP contribution in [0.25, 0.3) is 0 Å². The maximum atomic E-state index is 11.6. The van der Waals surface area contributed by atoms with Gasteiger partial charge in [-0.15, -0.1) is 0 Å². The summed E-state index contributed by atoms with van der Waals surface area (Å²) in [6, 6.07) is 9.64. The van der Waals surface area contributed by atoms with Gasteiger partial charge in [-0.1, -0.05) is 30.3 Å². The number of hydroxylamine groups is 2. The average molecular weight is 237 g/mol. The lowest BCUT2D eigenvalue weighted by molar-refractivity contribution is -0.140. The topological polar surface area (TPSA) is 38.8 Å². The van der Waals surface area contributed by atoms with Crippen molar-refractivity contribution in [2.45, 2.75) is 33.0 Å². The van der Waals surface area contributed by atoms with Crippen molar-refractivity contribution >= 4 is 6.09 Å². The first-order chi connectivity index (χ1) is 7.88. The maximum Gasteiger partial charge on any atom is 0.434 e. The Morgan fingerprint density at radius 2 is 1.82 bits per heavy atom. The molecular formula is C13H19NO3. The van der Waals surface area contributed by atoms with Crippen molar-refractivity contribution in [2.75, 3.05) is 7.05 Å². The molecule has 94 valence electrons. The highest BCUT2D eigenvalue weighted by molar-refractivity contribution is 5.66. The first-order valence-corrected chi connectivity index (χ1v) is 5.52. The number of hydrogen-bond acceptors (Lipinski definition) is 3. The molecule has 0 atom stereocenters. The second kappa shape index (κ2) is 5.68. The van der Waals surface area contributed by atoms with E-state index in [-0.39, 0.29) is 0 Å². The third-order valence-corrected chi connectivity index (χ3v) is 1.92. The van der Waals surface area contributed by atoms with E-state index >= 15 is 0 Å². The lowest BCUT2D eigenvalue weighted by Crippen LogP contribution is -2.34. The van der Waals surface area contributed by atoms with Gasteiger partial charge >= 0.3 is 6.09 Å². The van der Waals surface area contributed by atoms with Gasteiger partial charge in [0.05, 0.1) is 0 Å². The number of benzene rings is 1. The van der Waals surface area contributed by atoms with Crippen LogP contribution in [0.1, 0.15) is 26.3 Å². The van der Waals surface area contributed by atoms with Crippen LogP contribution in [0, 0.1) is 0 Å². The third-order valence-electron chi connectivity index (χ3n) is 1.92. The molecular weight excluding hydrogens is 218 g/mol. The molecule has 1 rings (SSSR count). The van der Waals surface area contributed by atoms with E-state index in [1.165, 1.54) is 7.05 Å². The van der Waals surface area contributed by atoms with E-state index < -0.39 is 11.7 Å². The second-order valence-corrected chi connectivity index (χ2v) is 4.74. The molecule has 1 aromatic carbocycles. The fourth-order valence-electron chi connectivity index (χ4n) is 1.12. The van der Waals surface area contributed by atoms with Crippen LogP contribution in [0.3, 0.4) is 0 Å². The van der Waals surface area contributed by atoms with Crippen LogP contribution in [-0.4, -0.2) is 23.8 Å². The van der Waals surface area contributed by atoms with Gasteiger partial charge in [0.15, 0.2) is 0 Å². The van der Waals surface area contributed by atoms with Gasteiger partial charge in [0, 0.05) is 7.05 Å². The van der Waals surface area contributed by atoms with Gasteiger partial charge in [-0.3, -0.25) is 4.84 Å². The van der Waals surface area contributed by atoms with Crippen molar-refractivity contribution in [3.8, 4) is 0 Å². The zero-order valence-electron chi connectivity index (χ0n) is 10.8. The van der Waals surface area contributed by atoms with E-state index in [1.54, 1.807) is 0 Å². The molecule has 4 heteroatoms. The summed E-state index contributed by atoms with van der Waals surface area (Å²) in [5, 5.41) is 1.11. The summed E-state index contributed by atoms with van der Waals surface area (Å²) in [5.74, 6) is 0. The summed E-state index contributed by atoms with van der Waals surface area (Å²) >= 11 is 0. The predicted molar refractivity (Wildman–Crippen MR) is 65.2 cm³/mol. The van der Waals surface area contributed by atoms with Gasteiger partial charge in [0.1, 0.15) is 12.2 Å². The maximum absolute atomic E-state index is 11.6. The molecule has 4 nitrogen and oxygen atoms in total. The molecule has 0 aromatic heterocycles. The highest BCUT2D eigenvalue weighted by atomic mass is 16.7. The summed E-state index contributed by atoms with van der Waals surface area (Å²) in [5.41, 5.74) is 0.490. The fourth-order valence-corrected chi connectivity index (χ4v) is 1.12. The number of carbonyl (C=O) groups is 1. The Balaban J connectivity index is 2.40. The minimum atomic E-state index is -0.512. The lowest BCUT2D eigenvalue weighted by atomic mass is 10.2. The highest BCUT2D eigenvalue weighted by Gasteiger charge is 2.19. The number of amides is 1. The molecule has 0 bridgehead atoms. The second-order valence-electron chi connectivity index (χ2n) is 4.74. The quantitative estimate of drug-likeness (QED) is 0.758. The molecule has 0 fully saturated rings. The van der Waals surface area contributed by atoms with E-state index in [1.807, 2.05) is 51.1 Å². The Bertz CT molecular complexity index is 357. The fraction of sp³-hybridized carbons (Fsp3) is 0.462. The zero-order valence-corrected chi connectivity index (χ0v) is 10.8. The highest BCUT2D eigenvalue weighted by Crippen LogP contribution is 2.10. The van der Waals surface area contributed by atoms with Gasteiger partial charge in [-0.2, -0.15) is 5.06 Å². The van der Waals surface area contributed by atoms with E-state index in [0.717, 1.165) is 10.6 Å². The van der Waals surface area contributed by atoms with Gasteiger partial charge in [0.2, 0.25) is 0 Å². The molecule has 0 aliphatic carbocycles. The summed E-state index contributed by atoms with van der Waals surface area (Å²) in [7, 11) is 1.54. The predicted octanol–water partition coefficient (Wildman–Crippen LogP) is 2.99. The number of hydrogen-bond donors (Lipinski definition) is 0. The molecule has 0 N–H and O–H groups in total. The Morgan fingerprint density at radius 3 is 2.35 bits per heavy atom. The van der Waals surface area contributed by atoms with Crippen LogP contribution in [0.5, 0.6) is 0 Å². The molecule has 0 saturated heterocycles. The largest absolute Gasteiger partial charge is 0.442 e. The molecule has 0 saturated carbocycles. The monoisotopic (exact) mass is 237 g/mol. The van der Waals surface area contributed by atoms with Crippen molar-refractivity contribution in [3.63, 3.8) is 0 Å². The molecule has 0 radical (unpaired) electrons. The molecule has 0 aliphatic rings. The Labute approximate surface area is 102 Å². The molecule has 17 heavy (non-hydrogen) atoms. The molecule has 0 aliphatic heterocycles. The van der Waals surface area contributed by atoms with Crippen molar-refractivity contribution < 1.29 is 14.4 Å². The average Bonchev–Trinajstić information content (AvgIpc) is 2.25. The van der Waals surface area contributed by atoms with Crippen LogP contribution >= 0.6 is 0 Å². The van der Waals surface area contributed by atoms with E-state index in [2.05, 4.69) is 0 Å². The summed E-state index contributed by atoms with van der Waals surface area (Å²) in [4.78, 5) is 16.9. The van der Waals surface area contributed by atoms with Crippen LogP contribution in [0.15, 0.2) is 30.3 Å². The molecule has 0 spiro atoms.